The van der Waals surface area contributed by atoms with Crippen molar-refractivity contribution in [3.63, 3.8) is 0 Å². The molecule has 0 radical (unpaired) electrons. The molecule has 5 aromatic rings. The third kappa shape index (κ3) is 5.81. The van der Waals surface area contributed by atoms with Gasteiger partial charge in [0, 0.05) is 17.1 Å². The largest absolute Gasteiger partial charge is 0.488 e. The van der Waals surface area contributed by atoms with E-state index in [0.717, 1.165) is 27.6 Å². The van der Waals surface area contributed by atoms with Gasteiger partial charge in [-0.25, -0.2) is 0 Å². The van der Waals surface area contributed by atoms with E-state index in [1.54, 1.807) is 6.20 Å². The lowest BCUT2D eigenvalue weighted by atomic mass is 9.98. The molecule has 0 aliphatic carbocycles. The predicted octanol–water partition coefficient (Wildman–Crippen LogP) is 7.10. The summed E-state index contributed by atoms with van der Waals surface area (Å²) in [5.74, 6) is 1.07. The molecule has 0 aliphatic rings. The molecular formula is C31H29N3O3. The van der Waals surface area contributed by atoms with Crippen molar-refractivity contribution in [1.29, 1.82) is 0 Å². The molecule has 0 bridgehead atoms. The molecule has 6 heteroatoms. The van der Waals surface area contributed by atoms with Gasteiger partial charge in [-0.1, -0.05) is 74.5 Å². The number of benzene rings is 4. The molecule has 4 aromatic carbocycles. The van der Waals surface area contributed by atoms with Gasteiger partial charge in [-0.2, -0.15) is 5.10 Å². The SMILES string of the molecule is CC(C)c1cc(C(=O)Nc2ccc3[nH]ncc3c2)c(OCc2ccccc2)cc1OCc1ccccc1. The first-order chi connectivity index (χ1) is 18.1. The van der Waals surface area contributed by atoms with Crippen molar-refractivity contribution in [2.75, 3.05) is 5.32 Å². The molecule has 0 spiro atoms. The molecule has 1 amide bonds. The molecule has 0 saturated carbocycles. The molecule has 0 fully saturated rings. The van der Waals surface area contributed by atoms with E-state index < -0.39 is 0 Å². The smallest absolute Gasteiger partial charge is 0.259 e. The fourth-order valence-electron chi connectivity index (χ4n) is 4.14. The Morgan fingerprint density at radius 3 is 2.14 bits per heavy atom. The number of carbonyl (C=O) groups is 1. The molecule has 186 valence electrons. The average Bonchev–Trinajstić information content (AvgIpc) is 3.39. The highest BCUT2D eigenvalue weighted by molar-refractivity contribution is 6.07. The summed E-state index contributed by atoms with van der Waals surface area (Å²) >= 11 is 0. The minimum Gasteiger partial charge on any atom is -0.488 e. The molecule has 37 heavy (non-hydrogen) atoms. The van der Waals surface area contributed by atoms with Crippen LogP contribution in [0.1, 0.15) is 46.8 Å². The van der Waals surface area contributed by atoms with Gasteiger partial charge in [0.25, 0.3) is 5.91 Å². The van der Waals surface area contributed by atoms with Crippen LogP contribution in [0.2, 0.25) is 0 Å². The summed E-state index contributed by atoms with van der Waals surface area (Å²) in [6.45, 7) is 4.93. The molecule has 6 nitrogen and oxygen atoms in total. The maximum atomic E-state index is 13.5. The Bertz CT molecular complexity index is 1490. The van der Waals surface area contributed by atoms with Crippen LogP contribution >= 0.6 is 0 Å². The molecule has 2 N–H and O–H groups in total. The van der Waals surface area contributed by atoms with Crippen LogP contribution in [0.3, 0.4) is 0 Å². The average molecular weight is 492 g/mol. The number of rotatable bonds is 9. The number of amides is 1. The van der Waals surface area contributed by atoms with Gasteiger partial charge in [-0.05, 0) is 46.9 Å². The fourth-order valence-corrected chi connectivity index (χ4v) is 4.14. The second-order valence-electron chi connectivity index (χ2n) is 9.22. The number of aromatic nitrogens is 2. The van der Waals surface area contributed by atoms with E-state index in [2.05, 4.69) is 29.4 Å². The predicted molar refractivity (Wildman–Crippen MR) is 146 cm³/mol. The van der Waals surface area contributed by atoms with E-state index in [4.69, 9.17) is 9.47 Å². The normalized spacial score (nSPS) is 11.0. The fraction of sp³-hybridized carbons (Fsp3) is 0.161. The highest BCUT2D eigenvalue weighted by atomic mass is 16.5. The Labute approximate surface area is 216 Å². The Morgan fingerprint density at radius 2 is 1.49 bits per heavy atom. The van der Waals surface area contributed by atoms with Crippen molar-refractivity contribution in [3.8, 4) is 11.5 Å². The summed E-state index contributed by atoms with van der Waals surface area (Å²) in [6.07, 6.45) is 1.73. The van der Waals surface area contributed by atoms with Gasteiger partial charge < -0.3 is 14.8 Å². The summed E-state index contributed by atoms with van der Waals surface area (Å²) < 4.78 is 12.5. The number of anilines is 1. The van der Waals surface area contributed by atoms with Gasteiger partial charge >= 0.3 is 0 Å². The van der Waals surface area contributed by atoms with Gasteiger partial charge in [-0.3, -0.25) is 9.89 Å². The minimum absolute atomic E-state index is 0.141. The Kier molecular flexibility index (Phi) is 7.17. The quantitative estimate of drug-likeness (QED) is 0.231. The van der Waals surface area contributed by atoms with E-state index in [1.165, 1.54) is 0 Å². The van der Waals surface area contributed by atoms with E-state index >= 15 is 0 Å². The summed E-state index contributed by atoms with van der Waals surface area (Å²) in [5.41, 5.74) is 5.08. The summed E-state index contributed by atoms with van der Waals surface area (Å²) in [4.78, 5) is 13.5. The van der Waals surface area contributed by atoms with Crippen LogP contribution in [-0.2, 0) is 13.2 Å². The van der Waals surface area contributed by atoms with Gasteiger partial charge in [0.2, 0.25) is 0 Å². The van der Waals surface area contributed by atoms with Crippen LogP contribution < -0.4 is 14.8 Å². The lowest BCUT2D eigenvalue weighted by molar-refractivity contribution is 0.102. The topological polar surface area (TPSA) is 76.2 Å². The highest BCUT2D eigenvalue weighted by Gasteiger charge is 2.20. The van der Waals surface area contributed by atoms with E-state index in [1.807, 2.05) is 91.0 Å². The van der Waals surface area contributed by atoms with Crippen molar-refractivity contribution in [1.82, 2.24) is 10.2 Å². The van der Waals surface area contributed by atoms with Gasteiger partial charge in [-0.15, -0.1) is 0 Å². The van der Waals surface area contributed by atoms with Crippen LogP contribution in [0.25, 0.3) is 10.9 Å². The number of hydrogen-bond acceptors (Lipinski definition) is 4. The number of ether oxygens (including phenoxy) is 2. The number of nitrogens with zero attached hydrogens (tertiary/aromatic N) is 1. The van der Waals surface area contributed by atoms with Crippen molar-refractivity contribution < 1.29 is 14.3 Å². The van der Waals surface area contributed by atoms with Crippen LogP contribution in [0.15, 0.2) is 97.2 Å². The van der Waals surface area contributed by atoms with E-state index in [-0.39, 0.29) is 11.8 Å². The van der Waals surface area contributed by atoms with Crippen molar-refractivity contribution in [2.45, 2.75) is 33.0 Å². The molecule has 0 aliphatic heterocycles. The van der Waals surface area contributed by atoms with Crippen molar-refractivity contribution >= 4 is 22.5 Å². The summed E-state index contributed by atoms with van der Waals surface area (Å²) in [5, 5.41) is 10.9. The van der Waals surface area contributed by atoms with E-state index in [9.17, 15) is 4.79 Å². The monoisotopic (exact) mass is 491 g/mol. The lowest BCUT2D eigenvalue weighted by Gasteiger charge is -2.19. The maximum absolute atomic E-state index is 13.5. The zero-order chi connectivity index (χ0) is 25.6. The van der Waals surface area contributed by atoms with Crippen molar-refractivity contribution in [2.24, 2.45) is 0 Å². The Balaban J connectivity index is 1.47. The molecule has 1 heterocycles. The molecular weight excluding hydrogens is 462 g/mol. The second-order valence-corrected chi connectivity index (χ2v) is 9.22. The first kappa shape index (κ1) is 24.1. The van der Waals surface area contributed by atoms with E-state index in [0.29, 0.717) is 36.0 Å². The van der Waals surface area contributed by atoms with Crippen molar-refractivity contribution in [3.05, 3.63) is 119 Å². The first-order valence-electron chi connectivity index (χ1n) is 12.3. The first-order valence-corrected chi connectivity index (χ1v) is 12.3. The number of nitrogens with one attached hydrogen (secondary N) is 2. The van der Waals surface area contributed by atoms with Gasteiger partial charge in [0.1, 0.15) is 24.7 Å². The number of hydrogen-bond donors (Lipinski definition) is 2. The summed E-state index contributed by atoms with van der Waals surface area (Å²) in [6, 6.07) is 29.3. The maximum Gasteiger partial charge on any atom is 0.259 e. The third-order valence-corrected chi connectivity index (χ3v) is 6.15. The summed E-state index contributed by atoms with van der Waals surface area (Å²) in [7, 11) is 0. The zero-order valence-electron chi connectivity index (χ0n) is 20.9. The number of carbonyl (C=O) groups excluding carboxylic acids is 1. The van der Waals surface area contributed by atoms with Gasteiger partial charge in [0.15, 0.2) is 0 Å². The number of aromatic amines is 1. The second kappa shape index (κ2) is 11.0. The minimum atomic E-state index is -0.248. The molecule has 0 unspecified atom stereocenters. The Morgan fingerprint density at radius 1 is 0.838 bits per heavy atom. The number of fused-ring (bicyclic) bond motifs is 1. The zero-order valence-corrected chi connectivity index (χ0v) is 20.9. The standard InChI is InChI=1S/C31H29N3O3/c1-21(2)26-16-27(31(35)33-25-13-14-28-24(15-25)18-32-34-28)30(37-20-23-11-7-4-8-12-23)17-29(26)36-19-22-9-5-3-6-10-22/h3-18,21H,19-20H2,1-2H3,(H,32,34)(H,33,35). The van der Waals surface area contributed by atoms with Gasteiger partial charge in [0.05, 0.1) is 17.3 Å². The third-order valence-electron chi connectivity index (χ3n) is 6.15. The molecule has 1 aromatic heterocycles. The van der Waals surface area contributed by atoms with Crippen LogP contribution in [0, 0.1) is 0 Å². The Hall–Kier alpha value is -4.58. The van der Waals surface area contributed by atoms with Crippen LogP contribution in [0.4, 0.5) is 5.69 Å². The highest BCUT2D eigenvalue weighted by Crippen LogP contribution is 2.35. The van der Waals surface area contributed by atoms with Crippen LogP contribution in [-0.4, -0.2) is 16.1 Å². The number of H-pyrrole nitrogens is 1. The molecule has 0 atom stereocenters. The molecule has 0 saturated heterocycles. The molecule has 5 rings (SSSR count). The van der Waals surface area contributed by atoms with Crippen LogP contribution in [0.5, 0.6) is 11.5 Å². The lowest BCUT2D eigenvalue weighted by Crippen LogP contribution is -2.15.